The minimum atomic E-state index is -0.333. The van der Waals surface area contributed by atoms with E-state index in [1.54, 1.807) is 38.2 Å². The van der Waals surface area contributed by atoms with E-state index in [4.69, 9.17) is 5.26 Å². The molecule has 21 heavy (non-hydrogen) atoms. The number of carbonyl (C=O) groups is 1. The molecule has 2 aromatic rings. The number of hydrogen-bond acceptors (Lipinski definition) is 3. The van der Waals surface area contributed by atoms with Gasteiger partial charge in [0.1, 0.15) is 5.56 Å². The van der Waals surface area contributed by atoms with E-state index in [0.29, 0.717) is 17.8 Å². The van der Waals surface area contributed by atoms with Crippen LogP contribution in [0.25, 0.3) is 0 Å². The smallest absolute Gasteiger partial charge is 0.259 e. The highest BCUT2D eigenvalue weighted by Crippen LogP contribution is 2.08. The number of amides is 1. The van der Waals surface area contributed by atoms with Gasteiger partial charge in [-0.1, -0.05) is 12.1 Å². The maximum atomic E-state index is 12.3. The standard InChI is InChI=1S/C16H15N3O2/c1-11-7-15(20)14(9-18-11)16(21)19(2)10-13-5-3-12(8-17)4-6-13/h3-7,9H,10H2,1-2H3,(H,18,20). The van der Waals surface area contributed by atoms with Crippen molar-refractivity contribution in [3.8, 4) is 6.07 Å². The predicted octanol–water partition coefficient (Wildman–Crippen LogP) is 1.83. The first-order chi connectivity index (χ1) is 10.0. The number of nitrogens with zero attached hydrogens (tertiary/aromatic N) is 2. The second kappa shape index (κ2) is 6.06. The van der Waals surface area contributed by atoms with Crippen LogP contribution in [0.5, 0.6) is 0 Å². The van der Waals surface area contributed by atoms with Crippen molar-refractivity contribution in [3.05, 3.63) is 69.1 Å². The van der Waals surface area contributed by atoms with Gasteiger partial charge < -0.3 is 9.88 Å². The van der Waals surface area contributed by atoms with Gasteiger partial charge in [-0.25, -0.2) is 0 Å². The highest BCUT2D eigenvalue weighted by atomic mass is 16.2. The predicted molar refractivity (Wildman–Crippen MR) is 78.8 cm³/mol. The molecule has 1 amide bonds. The van der Waals surface area contributed by atoms with Crippen LogP contribution >= 0.6 is 0 Å². The molecule has 2 rings (SSSR count). The molecule has 106 valence electrons. The van der Waals surface area contributed by atoms with Gasteiger partial charge in [-0.2, -0.15) is 5.26 Å². The van der Waals surface area contributed by atoms with E-state index in [2.05, 4.69) is 4.98 Å². The zero-order chi connectivity index (χ0) is 15.4. The van der Waals surface area contributed by atoms with Crippen molar-refractivity contribution in [1.29, 1.82) is 5.26 Å². The maximum absolute atomic E-state index is 12.3. The van der Waals surface area contributed by atoms with E-state index in [-0.39, 0.29) is 16.9 Å². The van der Waals surface area contributed by atoms with Crippen LogP contribution in [0.4, 0.5) is 0 Å². The first-order valence-electron chi connectivity index (χ1n) is 6.45. The molecule has 0 unspecified atom stereocenters. The number of rotatable bonds is 3. The number of pyridine rings is 1. The van der Waals surface area contributed by atoms with Crippen LogP contribution in [-0.2, 0) is 6.54 Å². The van der Waals surface area contributed by atoms with Gasteiger partial charge in [0.05, 0.1) is 11.6 Å². The number of nitrogens with one attached hydrogen (secondary N) is 1. The molecule has 0 aliphatic rings. The third-order valence-electron chi connectivity index (χ3n) is 3.14. The van der Waals surface area contributed by atoms with Crippen LogP contribution in [0.1, 0.15) is 27.2 Å². The molecule has 1 heterocycles. The van der Waals surface area contributed by atoms with Gasteiger partial charge in [-0.15, -0.1) is 0 Å². The zero-order valence-corrected chi connectivity index (χ0v) is 11.9. The van der Waals surface area contributed by atoms with Crippen molar-refractivity contribution in [2.75, 3.05) is 7.05 Å². The third kappa shape index (κ3) is 3.37. The lowest BCUT2D eigenvalue weighted by atomic mass is 10.1. The molecule has 0 saturated carbocycles. The fourth-order valence-electron chi connectivity index (χ4n) is 1.98. The Morgan fingerprint density at radius 2 is 2.00 bits per heavy atom. The molecule has 0 bridgehead atoms. The minimum absolute atomic E-state index is 0.122. The normalized spacial score (nSPS) is 9.95. The van der Waals surface area contributed by atoms with Crippen LogP contribution < -0.4 is 5.43 Å². The molecular weight excluding hydrogens is 266 g/mol. The molecule has 0 atom stereocenters. The molecule has 0 aliphatic carbocycles. The monoisotopic (exact) mass is 281 g/mol. The summed E-state index contributed by atoms with van der Waals surface area (Å²) >= 11 is 0. The topological polar surface area (TPSA) is 77.0 Å². The summed E-state index contributed by atoms with van der Waals surface area (Å²) in [6, 6.07) is 10.4. The Morgan fingerprint density at radius 3 is 2.57 bits per heavy atom. The Bertz CT molecular complexity index is 754. The van der Waals surface area contributed by atoms with Crippen LogP contribution in [0, 0.1) is 18.3 Å². The highest BCUT2D eigenvalue weighted by molar-refractivity contribution is 5.93. The lowest BCUT2D eigenvalue weighted by Gasteiger charge is -2.17. The van der Waals surface area contributed by atoms with Gasteiger partial charge in [-0.3, -0.25) is 9.59 Å². The molecule has 0 radical (unpaired) electrons. The summed E-state index contributed by atoms with van der Waals surface area (Å²) in [6.45, 7) is 2.13. The van der Waals surface area contributed by atoms with Crippen LogP contribution in [0.15, 0.2) is 41.3 Å². The second-order valence-corrected chi connectivity index (χ2v) is 4.86. The summed E-state index contributed by atoms with van der Waals surface area (Å²) in [4.78, 5) is 28.4. The number of aromatic amines is 1. The largest absolute Gasteiger partial charge is 0.364 e. The van der Waals surface area contributed by atoms with Gasteiger partial charge in [0, 0.05) is 31.5 Å². The number of aromatic nitrogens is 1. The van der Waals surface area contributed by atoms with E-state index in [1.165, 1.54) is 17.2 Å². The van der Waals surface area contributed by atoms with Crippen molar-refractivity contribution >= 4 is 5.91 Å². The average molecular weight is 281 g/mol. The van der Waals surface area contributed by atoms with Crippen molar-refractivity contribution < 1.29 is 4.79 Å². The van der Waals surface area contributed by atoms with Gasteiger partial charge in [0.25, 0.3) is 5.91 Å². The van der Waals surface area contributed by atoms with Gasteiger partial charge in [0.15, 0.2) is 5.43 Å². The Balaban J connectivity index is 2.15. The quantitative estimate of drug-likeness (QED) is 0.932. The van der Waals surface area contributed by atoms with Crippen molar-refractivity contribution in [3.63, 3.8) is 0 Å². The number of hydrogen-bond donors (Lipinski definition) is 1. The van der Waals surface area contributed by atoms with Gasteiger partial charge >= 0.3 is 0 Å². The molecule has 1 aromatic heterocycles. The fraction of sp³-hybridized carbons (Fsp3) is 0.188. The summed E-state index contributed by atoms with van der Waals surface area (Å²) < 4.78 is 0. The maximum Gasteiger partial charge on any atom is 0.259 e. The van der Waals surface area contributed by atoms with E-state index in [9.17, 15) is 9.59 Å². The van der Waals surface area contributed by atoms with Crippen molar-refractivity contribution in [1.82, 2.24) is 9.88 Å². The number of carbonyl (C=O) groups excluding carboxylic acids is 1. The Labute approximate surface area is 122 Å². The molecule has 5 heteroatoms. The molecule has 0 saturated heterocycles. The summed E-state index contributed by atoms with van der Waals surface area (Å²) in [5, 5.41) is 8.75. The van der Waals surface area contributed by atoms with Crippen LogP contribution in [0.3, 0.4) is 0 Å². The minimum Gasteiger partial charge on any atom is -0.364 e. The Morgan fingerprint density at radius 1 is 1.33 bits per heavy atom. The zero-order valence-electron chi connectivity index (χ0n) is 11.9. The molecular formula is C16H15N3O2. The molecule has 1 N–H and O–H groups in total. The first kappa shape index (κ1) is 14.5. The number of benzene rings is 1. The summed E-state index contributed by atoms with van der Waals surface area (Å²) in [6.07, 6.45) is 1.44. The van der Waals surface area contributed by atoms with E-state index in [0.717, 1.165) is 5.56 Å². The number of H-pyrrole nitrogens is 1. The van der Waals surface area contributed by atoms with Crippen LogP contribution in [0.2, 0.25) is 0 Å². The second-order valence-electron chi connectivity index (χ2n) is 4.86. The lowest BCUT2D eigenvalue weighted by molar-refractivity contribution is 0.0783. The highest BCUT2D eigenvalue weighted by Gasteiger charge is 2.15. The lowest BCUT2D eigenvalue weighted by Crippen LogP contribution is -2.30. The van der Waals surface area contributed by atoms with Crippen molar-refractivity contribution in [2.24, 2.45) is 0 Å². The molecule has 0 aliphatic heterocycles. The molecule has 0 spiro atoms. The third-order valence-corrected chi connectivity index (χ3v) is 3.14. The van der Waals surface area contributed by atoms with Gasteiger partial charge in [0.2, 0.25) is 0 Å². The first-order valence-corrected chi connectivity index (χ1v) is 6.45. The molecule has 0 fully saturated rings. The molecule has 1 aromatic carbocycles. The van der Waals surface area contributed by atoms with Crippen molar-refractivity contribution in [2.45, 2.75) is 13.5 Å². The van der Waals surface area contributed by atoms with E-state index < -0.39 is 0 Å². The molecule has 5 nitrogen and oxygen atoms in total. The summed E-state index contributed by atoms with van der Waals surface area (Å²) in [7, 11) is 1.64. The fourth-order valence-corrected chi connectivity index (χ4v) is 1.98. The number of nitriles is 1. The number of aryl methyl sites for hydroxylation is 1. The van der Waals surface area contributed by atoms with Gasteiger partial charge in [-0.05, 0) is 24.6 Å². The summed E-state index contributed by atoms with van der Waals surface area (Å²) in [5.41, 5.74) is 2.02. The summed E-state index contributed by atoms with van der Waals surface area (Å²) in [5.74, 6) is -0.333. The van der Waals surface area contributed by atoms with Crippen LogP contribution in [-0.4, -0.2) is 22.8 Å². The Kier molecular flexibility index (Phi) is 4.19. The SMILES string of the molecule is Cc1cc(=O)c(C(=O)N(C)Cc2ccc(C#N)cc2)c[nH]1. The van der Waals surface area contributed by atoms with E-state index in [1.807, 2.05) is 6.07 Å². The Hall–Kier alpha value is -2.87. The van der Waals surface area contributed by atoms with E-state index >= 15 is 0 Å². The average Bonchev–Trinajstić information content (AvgIpc) is 2.47.